The summed E-state index contributed by atoms with van der Waals surface area (Å²) in [5.41, 5.74) is 17.0. The van der Waals surface area contributed by atoms with Gasteiger partial charge in [0.1, 0.15) is 29.4 Å². The van der Waals surface area contributed by atoms with Gasteiger partial charge in [-0.25, -0.2) is 0 Å². The summed E-state index contributed by atoms with van der Waals surface area (Å²) < 4.78 is 5.53. The van der Waals surface area contributed by atoms with Crippen LogP contribution in [0.25, 0.3) is 10.8 Å². The van der Waals surface area contributed by atoms with E-state index in [0.29, 0.717) is 12.0 Å². The van der Waals surface area contributed by atoms with Gasteiger partial charge in [-0.3, -0.25) is 43.3 Å². The van der Waals surface area contributed by atoms with E-state index in [-0.39, 0.29) is 63.9 Å². The number of primary amides is 2. The van der Waals surface area contributed by atoms with Crippen LogP contribution >= 0.6 is 0 Å². The zero-order chi connectivity index (χ0) is 44.5. The first-order chi connectivity index (χ1) is 29.1. The SMILES string of the molecule is CCCCC(=O)CC[C@H](NC(=O)C1(NC(=O)[C@@H](N)Cc2ccc3ccccc3c2)CCOCC1)C(=O)N[C@@H](CC(N)=O)C(=O)N[C@@H](Cc1cccnc1)C(=O)N(C)CC(N)=O. The van der Waals surface area contributed by atoms with E-state index in [2.05, 4.69) is 26.3 Å². The van der Waals surface area contributed by atoms with Crippen molar-refractivity contribution >= 4 is 57.9 Å². The second kappa shape index (κ2) is 22.9. The fraction of sp³-hybridized carbons (Fsp3) is 0.465. The lowest BCUT2D eigenvalue weighted by atomic mass is 9.87. The number of fused-ring (bicyclic) bond motifs is 1. The van der Waals surface area contributed by atoms with E-state index in [1.807, 2.05) is 49.4 Å². The predicted octanol–water partition coefficient (Wildman–Crippen LogP) is -0.174. The van der Waals surface area contributed by atoms with Crippen molar-refractivity contribution in [2.75, 3.05) is 26.8 Å². The molecule has 4 atom stereocenters. The lowest BCUT2D eigenvalue weighted by Crippen LogP contribution is -2.66. The average Bonchev–Trinajstić information content (AvgIpc) is 3.23. The summed E-state index contributed by atoms with van der Waals surface area (Å²) in [6.45, 7) is 1.68. The van der Waals surface area contributed by atoms with Crippen LogP contribution in [0.2, 0.25) is 0 Å². The number of aromatic nitrogens is 1. The first-order valence-corrected chi connectivity index (χ1v) is 20.4. The number of carbonyl (C=O) groups excluding carboxylic acids is 8. The normalized spacial score (nSPS) is 15.3. The number of nitrogens with zero attached hydrogens (tertiary/aromatic N) is 2. The molecule has 0 unspecified atom stereocenters. The quantitative estimate of drug-likeness (QED) is 0.0658. The number of Topliss-reactive ketones (excluding diaryl/α,β-unsaturated/α-hetero) is 1. The number of pyridine rings is 1. The maximum Gasteiger partial charge on any atom is 0.246 e. The molecule has 328 valence electrons. The Morgan fingerprint density at radius 2 is 1.48 bits per heavy atom. The number of nitrogens with two attached hydrogens (primary N) is 3. The first-order valence-electron chi connectivity index (χ1n) is 20.4. The molecule has 0 spiro atoms. The summed E-state index contributed by atoms with van der Waals surface area (Å²) in [6, 6.07) is 11.4. The van der Waals surface area contributed by atoms with Gasteiger partial charge in [0.05, 0.1) is 19.0 Å². The van der Waals surface area contributed by atoms with Crippen LogP contribution in [0.1, 0.15) is 69.4 Å². The summed E-state index contributed by atoms with van der Waals surface area (Å²) in [7, 11) is 1.32. The van der Waals surface area contributed by atoms with Crippen LogP contribution in [0.4, 0.5) is 0 Å². The number of amides is 7. The summed E-state index contributed by atoms with van der Waals surface area (Å²) >= 11 is 0. The molecule has 61 heavy (non-hydrogen) atoms. The number of rotatable bonds is 23. The maximum atomic E-state index is 14.3. The molecule has 10 N–H and O–H groups in total. The number of likely N-dealkylation sites (N-methyl/N-ethyl adjacent to an activating group) is 1. The number of ether oxygens (including phenoxy) is 1. The molecule has 18 nitrogen and oxygen atoms in total. The summed E-state index contributed by atoms with van der Waals surface area (Å²) in [4.78, 5) is 111. The van der Waals surface area contributed by atoms with E-state index >= 15 is 0 Å². The molecule has 2 heterocycles. The fourth-order valence-electron chi connectivity index (χ4n) is 7.03. The zero-order valence-electron chi connectivity index (χ0n) is 34.7. The molecule has 1 saturated heterocycles. The van der Waals surface area contributed by atoms with Crippen molar-refractivity contribution in [3.8, 4) is 0 Å². The third kappa shape index (κ3) is 14.5. The standard InChI is InChI=1S/C43H57N9O9/c1-3-4-11-31(53)14-15-33(39(57)48-34(24-36(45)54)40(58)49-35(23-28-8-7-18-47-25-28)41(59)52(2)26-37(46)55)50-42(60)43(16-19-61-20-17-43)51-38(56)32(44)22-27-12-13-29-9-5-6-10-30(29)21-27/h5-10,12-13,18,21,25,32-35H,3-4,11,14-17,19-20,22-24,26,44H2,1-2H3,(H2,45,54)(H2,46,55)(H,48,57)(H,49,58)(H,50,60)(H,51,56)/t32-,33-,34-,35-/m0/s1. The minimum atomic E-state index is -1.64. The summed E-state index contributed by atoms with van der Waals surface area (Å²) in [5.74, 6) is -5.87. The number of nitrogens with one attached hydrogen (secondary N) is 4. The molecule has 3 aromatic rings. The van der Waals surface area contributed by atoms with Crippen LogP contribution < -0.4 is 38.5 Å². The molecule has 2 aromatic carbocycles. The zero-order valence-corrected chi connectivity index (χ0v) is 34.7. The van der Waals surface area contributed by atoms with Crippen molar-refractivity contribution in [3.63, 3.8) is 0 Å². The number of carbonyl (C=O) groups is 8. The van der Waals surface area contributed by atoms with Crippen LogP contribution in [0.3, 0.4) is 0 Å². The monoisotopic (exact) mass is 843 g/mol. The molecule has 0 radical (unpaired) electrons. The highest BCUT2D eigenvalue weighted by molar-refractivity contribution is 5.99. The van der Waals surface area contributed by atoms with Gasteiger partial charge in [0.15, 0.2) is 0 Å². The molecule has 7 amide bonds. The fourth-order valence-corrected chi connectivity index (χ4v) is 7.03. The lowest BCUT2D eigenvalue weighted by Gasteiger charge is -2.38. The van der Waals surface area contributed by atoms with E-state index in [0.717, 1.165) is 27.7 Å². The largest absolute Gasteiger partial charge is 0.381 e. The van der Waals surface area contributed by atoms with Crippen molar-refractivity contribution in [1.29, 1.82) is 0 Å². The average molecular weight is 844 g/mol. The van der Waals surface area contributed by atoms with Crippen molar-refractivity contribution in [3.05, 3.63) is 78.1 Å². The molecule has 18 heteroatoms. The minimum Gasteiger partial charge on any atom is -0.381 e. The molecule has 0 saturated carbocycles. The maximum absolute atomic E-state index is 14.3. The Balaban J connectivity index is 1.56. The molecule has 4 rings (SSSR count). The Labute approximate surface area is 354 Å². The van der Waals surface area contributed by atoms with Gasteiger partial charge < -0.3 is 48.1 Å². The number of benzene rings is 2. The molecule has 1 aliphatic heterocycles. The second-order valence-corrected chi connectivity index (χ2v) is 15.4. The highest BCUT2D eigenvalue weighted by Crippen LogP contribution is 2.23. The predicted molar refractivity (Wildman–Crippen MR) is 225 cm³/mol. The van der Waals surface area contributed by atoms with Gasteiger partial charge in [-0.15, -0.1) is 0 Å². The molecule has 0 aliphatic carbocycles. The van der Waals surface area contributed by atoms with Crippen molar-refractivity contribution in [1.82, 2.24) is 31.2 Å². The van der Waals surface area contributed by atoms with E-state index in [9.17, 15) is 38.4 Å². The number of hydrogen-bond donors (Lipinski definition) is 7. The van der Waals surface area contributed by atoms with E-state index in [1.165, 1.54) is 19.4 Å². The Bertz CT molecular complexity index is 2040. The molecule has 1 aromatic heterocycles. The third-order valence-corrected chi connectivity index (χ3v) is 10.5. The minimum absolute atomic E-state index is 0.0420. The van der Waals surface area contributed by atoms with Crippen LogP contribution in [-0.2, 0) is 55.9 Å². The van der Waals surface area contributed by atoms with Crippen molar-refractivity contribution in [2.45, 2.75) is 101 Å². The van der Waals surface area contributed by atoms with Gasteiger partial charge >= 0.3 is 0 Å². The second-order valence-electron chi connectivity index (χ2n) is 15.4. The summed E-state index contributed by atoms with van der Waals surface area (Å²) in [5, 5.41) is 12.6. The number of unbranched alkanes of at least 4 members (excludes halogenated alkanes) is 1. The highest BCUT2D eigenvalue weighted by Gasteiger charge is 2.44. The van der Waals surface area contributed by atoms with Crippen molar-refractivity contribution in [2.24, 2.45) is 17.2 Å². The molecule has 1 fully saturated rings. The highest BCUT2D eigenvalue weighted by atomic mass is 16.5. The van der Waals surface area contributed by atoms with Crippen LogP contribution in [-0.4, -0.2) is 114 Å². The number of ketones is 1. The smallest absolute Gasteiger partial charge is 0.246 e. The Morgan fingerprint density at radius 1 is 0.787 bits per heavy atom. The van der Waals surface area contributed by atoms with Crippen molar-refractivity contribution < 1.29 is 43.1 Å². The van der Waals surface area contributed by atoms with E-state index in [4.69, 9.17) is 21.9 Å². The Kier molecular flexibility index (Phi) is 17.8. The van der Waals surface area contributed by atoms with Crippen LogP contribution in [0.15, 0.2) is 67.0 Å². The van der Waals surface area contributed by atoms with Gasteiger partial charge in [-0.2, -0.15) is 0 Å². The Hall–Kier alpha value is -6.27. The molecule has 1 aliphatic rings. The van der Waals surface area contributed by atoms with Gasteiger partial charge in [-0.05, 0) is 47.2 Å². The van der Waals surface area contributed by atoms with Crippen LogP contribution in [0.5, 0.6) is 0 Å². The lowest BCUT2D eigenvalue weighted by molar-refractivity contribution is -0.141. The number of hydrogen-bond acceptors (Lipinski definition) is 11. The Morgan fingerprint density at radius 3 is 2.13 bits per heavy atom. The van der Waals surface area contributed by atoms with Gasteiger partial charge in [0.25, 0.3) is 0 Å². The van der Waals surface area contributed by atoms with E-state index < -0.39 is 84.0 Å². The summed E-state index contributed by atoms with van der Waals surface area (Å²) in [6.07, 6.45) is 3.78. The van der Waals surface area contributed by atoms with Gasteiger partial charge in [0, 0.05) is 64.8 Å². The third-order valence-electron chi connectivity index (χ3n) is 10.5. The molecular weight excluding hydrogens is 787 g/mol. The molecular formula is C43H57N9O9. The van der Waals surface area contributed by atoms with Gasteiger partial charge in [-0.1, -0.05) is 61.9 Å². The van der Waals surface area contributed by atoms with Gasteiger partial charge in [0.2, 0.25) is 41.4 Å². The topological polar surface area (TPSA) is 288 Å². The molecule has 0 bridgehead atoms. The first kappa shape index (κ1) is 47.4. The van der Waals surface area contributed by atoms with Crippen LogP contribution in [0, 0.1) is 0 Å². The van der Waals surface area contributed by atoms with E-state index in [1.54, 1.807) is 12.1 Å².